The molecule has 0 spiro atoms. The van der Waals surface area contributed by atoms with Crippen molar-refractivity contribution in [3.8, 4) is 0 Å². The average Bonchev–Trinajstić information content (AvgIpc) is 2.25. The Kier molecular flexibility index (Phi) is 5.15. The average molecular weight is 245 g/mol. The van der Waals surface area contributed by atoms with Crippen LogP contribution < -0.4 is 5.32 Å². The molecule has 1 nitrogen and oxygen atoms in total. The van der Waals surface area contributed by atoms with Crippen LogP contribution in [0.1, 0.15) is 45.7 Å². The maximum Gasteiger partial charge on any atom is 0.0175 e. The molecule has 0 bridgehead atoms. The van der Waals surface area contributed by atoms with Gasteiger partial charge in [0.15, 0.2) is 0 Å². The van der Waals surface area contributed by atoms with Crippen LogP contribution in [0.2, 0.25) is 0 Å². The van der Waals surface area contributed by atoms with E-state index in [9.17, 15) is 0 Å². The molecule has 100 valence electrons. The summed E-state index contributed by atoms with van der Waals surface area (Å²) in [6.45, 7) is 14.2. The molecule has 0 aliphatic rings. The van der Waals surface area contributed by atoms with Crippen molar-refractivity contribution in [2.45, 2.75) is 47.1 Å². The van der Waals surface area contributed by atoms with E-state index in [1.54, 1.807) is 0 Å². The lowest BCUT2D eigenvalue weighted by Crippen LogP contribution is -2.37. The van der Waals surface area contributed by atoms with E-state index in [1.165, 1.54) is 16.7 Å². The van der Waals surface area contributed by atoms with Gasteiger partial charge in [0.05, 0.1) is 0 Å². The largest absolute Gasteiger partial charge is 0.308 e. The molecule has 0 radical (unpaired) electrons. The molecule has 0 fully saturated rings. The summed E-state index contributed by atoms with van der Waals surface area (Å²) in [7, 11) is 0. The predicted molar refractivity (Wildman–Crippen MR) is 81.7 cm³/mol. The number of benzene rings is 1. The van der Waals surface area contributed by atoms with E-state index >= 15 is 0 Å². The lowest BCUT2D eigenvalue weighted by Gasteiger charge is -2.23. The third kappa shape index (κ3) is 5.50. The molecule has 0 saturated heterocycles. The Labute approximate surface area is 112 Å². The van der Waals surface area contributed by atoms with Crippen molar-refractivity contribution in [3.63, 3.8) is 0 Å². The Morgan fingerprint density at radius 2 is 1.72 bits per heavy atom. The molecule has 0 saturated carbocycles. The predicted octanol–water partition coefficient (Wildman–Crippen LogP) is 4.42. The summed E-state index contributed by atoms with van der Waals surface area (Å²) in [4.78, 5) is 0. The zero-order valence-corrected chi connectivity index (χ0v) is 12.7. The summed E-state index contributed by atoms with van der Waals surface area (Å²) in [5, 5.41) is 3.57. The third-order valence-corrected chi connectivity index (χ3v) is 2.99. The van der Waals surface area contributed by atoms with Crippen molar-refractivity contribution in [2.24, 2.45) is 5.92 Å². The van der Waals surface area contributed by atoms with Gasteiger partial charge in [-0.05, 0) is 39.2 Å². The van der Waals surface area contributed by atoms with Gasteiger partial charge in [0.25, 0.3) is 0 Å². The van der Waals surface area contributed by atoms with Crippen molar-refractivity contribution in [2.75, 3.05) is 6.54 Å². The van der Waals surface area contributed by atoms with Crippen LogP contribution in [0.4, 0.5) is 0 Å². The van der Waals surface area contributed by atoms with Crippen molar-refractivity contribution >= 4 is 6.08 Å². The Hall–Kier alpha value is -1.08. The van der Waals surface area contributed by atoms with Crippen LogP contribution in [-0.4, -0.2) is 12.1 Å². The van der Waals surface area contributed by atoms with Gasteiger partial charge in [-0.25, -0.2) is 0 Å². The highest BCUT2D eigenvalue weighted by atomic mass is 14.9. The number of nitrogens with one attached hydrogen (secondary N) is 1. The maximum atomic E-state index is 3.57. The molecule has 0 aliphatic heterocycles. The zero-order valence-electron chi connectivity index (χ0n) is 12.7. The zero-order chi connectivity index (χ0) is 13.8. The Bertz CT molecular complexity index is 391. The summed E-state index contributed by atoms with van der Waals surface area (Å²) in [6, 6.07) is 8.71. The molecular formula is C17H27N. The van der Waals surface area contributed by atoms with Gasteiger partial charge >= 0.3 is 0 Å². The molecule has 1 N–H and O–H groups in total. The quantitative estimate of drug-likeness (QED) is 0.828. The standard InChI is InChI=1S/C17H27N/c1-13(2)16(12-18-17(4,5)6)11-15-9-7-14(3)8-10-15/h7-11,13,18H,12H2,1-6H3. The lowest BCUT2D eigenvalue weighted by molar-refractivity contribution is 0.437. The number of hydrogen-bond acceptors (Lipinski definition) is 1. The Morgan fingerprint density at radius 3 is 2.17 bits per heavy atom. The monoisotopic (exact) mass is 245 g/mol. The molecule has 1 aromatic rings. The van der Waals surface area contributed by atoms with E-state index in [0.717, 1.165) is 6.54 Å². The minimum absolute atomic E-state index is 0.168. The molecule has 0 aliphatic carbocycles. The molecule has 1 rings (SSSR count). The highest BCUT2D eigenvalue weighted by molar-refractivity contribution is 5.54. The summed E-state index contributed by atoms with van der Waals surface area (Å²) < 4.78 is 0. The second kappa shape index (κ2) is 6.19. The highest BCUT2D eigenvalue weighted by Crippen LogP contribution is 2.15. The van der Waals surface area contributed by atoms with Gasteiger partial charge in [-0.2, -0.15) is 0 Å². The van der Waals surface area contributed by atoms with Crippen molar-refractivity contribution in [3.05, 3.63) is 41.0 Å². The van der Waals surface area contributed by atoms with Gasteiger partial charge in [0.1, 0.15) is 0 Å². The van der Waals surface area contributed by atoms with Crippen LogP contribution in [0.5, 0.6) is 0 Å². The van der Waals surface area contributed by atoms with E-state index in [1.807, 2.05) is 0 Å². The first-order chi connectivity index (χ1) is 8.28. The van der Waals surface area contributed by atoms with E-state index in [-0.39, 0.29) is 5.54 Å². The number of rotatable bonds is 4. The van der Waals surface area contributed by atoms with Crippen LogP contribution in [0.25, 0.3) is 6.08 Å². The van der Waals surface area contributed by atoms with Gasteiger partial charge in [-0.15, -0.1) is 0 Å². The first-order valence-corrected chi connectivity index (χ1v) is 6.80. The molecule has 18 heavy (non-hydrogen) atoms. The Morgan fingerprint density at radius 1 is 1.17 bits per heavy atom. The molecule has 0 unspecified atom stereocenters. The first-order valence-electron chi connectivity index (χ1n) is 6.80. The summed E-state index contributed by atoms with van der Waals surface area (Å²) in [5.41, 5.74) is 4.22. The fourth-order valence-electron chi connectivity index (χ4n) is 1.67. The third-order valence-electron chi connectivity index (χ3n) is 2.99. The smallest absolute Gasteiger partial charge is 0.0175 e. The second-order valence-electron chi connectivity index (χ2n) is 6.39. The molecule has 1 heteroatoms. The van der Waals surface area contributed by atoms with E-state index < -0.39 is 0 Å². The molecule has 0 amide bonds. The van der Waals surface area contributed by atoms with Gasteiger partial charge in [-0.1, -0.05) is 55.3 Å². The molecule has 0 heterocycles. The summed E-state index contributed by atoms with van der Waals surface area (Å²) >= 11 is 0. The number of aryl methyl sites for hydroxylation is 1. The minimum atomic E-state index is 0.168. The summed E-state index contributed by atoms with van der Waals surface area (Å²) in [5.74, 6) is 0.571. The van der Waals surface area contributed by atoms with E-state index in [0.29, 0.717) is 5.92 Å². The first kappa shape index (κ1) is 15.0. The van der Waals surface area contributed by atoms with E-state index in [2.05, 4.69) is 77.2 Å². The second-order valence-corrected chi connectivity index (χ2v) is 6.39. The van der Waals surface area contributed by atoms with Crippen LogP contribution in [-0.2, 0) is 0 Å². The maximum absolute atomic E-state index is 3.57. The van der Waals surface area contributed by atoms with Crippen molar-refractivity contribution < 1.29 is 0 Å². The van der Waals surface area contributed by atoms with Crippen LogP contribution >= 0.6 is 0 Å². The van der Waals surface area contributed by atoms with E-state index in [4.69, 9.17) is 0 Å². The van der Waals surface area contributed by atoms with Crippen molar-refractivity contribution in [1.29, 1.82) is 0 Å². The van der Waals surface area contributed by atoms with Crippen LogP contribution in [0, 0.1) is 12.8 Å². The normalized spacial score (nSPS) is 13.2. The fraction of sp³-hybridized carbons (Fsp3) is 0.529. The van der Waals surface area contributed by atoms with Crippen molar-refractivity contribution in [1.82, 2.24) is 5.32 Å². The van der Waals surface area contributed by atoms with Crippen LogP contribution in [0.15, 0.2) is 29.8 Å². The molecular weight excluding hydrogens is 218 g/mol. The van der Waals surface area contributed by atoms with Gasteiger partial charge < -0.3 is 5.32 Å². The highest BCUT2D eigenvalue weighted by Gasteiger charge is 2.11. The molecule has 0 atom stereocenters. The number of hydrogen-bond donors (Lipinski definition) is 1. The minimum Gasteiger partial charge on any atom is -0.308 e. The van der Waals surface area contributed by atoms with Gasteiger partial charge in [0.2, 0.25) is 0 Å². The molecule has 1 aromatic carbocycles. The van der Waals surface area contributed by atoms with Gasteiger partial charge in [-0.3, -0.25) is 0 Å². The van der Waals surface area contributed by atoms with Crippen LogP contribution in [0.3, 0.4) is 0 Å². The SMILES string of the molecule is Cc1ccc(C=C(CNC(C)(C)C)C(C)C)cc1. The Balaban J connectivity index is 2.81. The van der Waals surface area contributed by atoms with Gasteiger partial charge in [0, 0.05) is 12.1 Å². The molecule has 0 aromatic heterocycles. The lowest BCUT2D eigenvalue weighted by atomic mass is 9.98. The topological polar surface area (TPSA) is 12.0 Å². The summed E-state index contributed by atoms with van der Waals surface area (Å²) in [6.07, 6.45) is 2.31. The fourth-order valence-corrected chi connectivity index (χ4v) is 1.67.